The van der Waals surface area contributed by atoms with E-state index in [4.69, 9.17) is 4.74 Å². The predicted octanol–water partition coefficient (Wildman–Crippen LogP) is 2.97. The lowest BCUT2D eigenvalue weighted by molar-refractivity contribution is -0.137. The molecule has 2 bridgehead atoms. The minimum atomic E-state index is -2.76. The Hall–Kier alpha value is -2.02. The highest BCUT2D eigenvalue weighted by molar-refractivity contribution is 6.26. The summed E-state index contributed by atoms with van der Waals surface area (Å²) >= 11 is 0. The molecule has 7 heteroatoms. The minimum Gasteiger partial charge on any atom is -0.385 e. The van der Waals surface area contributed by atoms with Crippen LogP contribution in [0.25, 0.3) is 0 Å². The maximum atomic E-state index is 13.0. The van der Waals surface area contributed by atoms with Crippen LogP contribution in [0.1, 0.15) is 53.9 Å². The van der Waals surface area contributed by atoms with Crippen LogP contribution in [0.4, 0.5) is 8.78 Å². The van der Waals surface area contributed by atoms with Crippen molar-refractivity contribution in [1.82, 2.24) is 4.98 Å². The van der Waals surface area contributed by atoms with Gasteiger partial charge in [0, 0.05) is 31.1 Å². The Bertz CT molecular complexity index is 712. The van der Waals surface area contributed by atoms with Gasteiger partial charge in [0.25, 0.3) is 6.43 Å². The number of rotatable bonds is 7. The van der Waals surface area contributed by atoms with Gasteiger partial charge in [0.15, 0.2) is 17.3 Å². The average Bonchev–Trinajstić information content (AvgIpc) is 3.07. The molecular formula is C19H21F2NO4. The van der Waals surface area contributed by atoms with Crippen LogP contribution < -0.4 is 0 Å². The first-order chi connectivity index (χ1) is 12.4. The molecule has 2 aliphatic rings. The van der Waals surface area contributed by atoms with Gasteiger partial charge in [-0.2, -0.15) is 0 Å². The zero-order valence-corrected chi connectivity index (χ0v) is 14.5. The van der Waals surface area contributed by atoms with Gasteiger partial charge < -0.3 is 4.74 Å². The van der Waals surface area contributed by atoms with Gasteiger partial charge in [-0.15, -0.1) is 0 Å². The lowest BCUT2D eigenvalue weighted by Gasteiger charge is -2.24. The molecule has 1 unspecified atom stereocenters. The highest BCUT2D eigenvalue weighted by Gasteiger charge is 2.50. The lowest BCUT2D eigenvalue weighted by Crippen LogP contribution is -2.41. The molecule has 0 spiro atoms. The van der Waals surface area contributed by atoms with Crippen molar-refractivity contribution in [3.8, 4) is 0 Å². The maximum Gasteiger partial charge on any atom is 0.280 e. The molecule has 1 aromatic heterocycles. The molecule has 0 radical (unpaired) electrons. The van der Waals surface area contributed by atoms with Gasteiger partial charge in [0.2, 0.25) is 0 Å². The quantitative estimate of drug-likeness (QED) is 0.422. The van der Waals surface area contributed by atoms with E-state index in [1.807, 2.05) is 0 Å². The number of Topliss-reactive ketones (excluding diaryl/α,β-unsaturated/α-hetero) is 3. The first-order valence-electron chi connectivity index (χ1n) is 8.82. The summed E-state index contributed by atoms with van der Waals surface area (Å²) in [6.45, 7) is 0.389. The third kappa shape index (κ3) is 3.45. The van der Waals surface area contributed by atoms with Gasteiger partial charge >= 0.3 is 0 Å². The molecule has 3 rings (SSSR count). The molecule has 0 aliphatic heterocycles. The molecular weight excluding hydrogens is 344 g/mol. The Morgan fingerprint density at radius 1 is 1.23 bits per heavy atom. The second-order valence-corrected chi connectivity index (χ2v) is 6.94. The van der Waals surface area contributed by atoms with Crippen LogP contribution in [0.2, 0.25) is 0 Å². The normalized spacial score (nSPS) is 25.2. The van der Waals surface area contributed by atoms with Gasteiger partial charge in [0.1, 0.15) is 11.6 Å². The maximum absolute atomic E-state index is 13.0. The molecule has 0 amide bonds. The van der Waals surface area contributed by atoms with Crippen LogP contribution in [0, 0.1) is 17.8 Å². The molecule has 2 fully saturated rings. The summed E-state index contributed by atoms with van der Waals surface area (Å²) in [7, 11) is 1.52. The molecule has 0 N–H and O–H groups in total. The van der Waals surface area contributed by atoms with E-state index in [1.165, 1.54) is 13.2 Å². The standard InChI is InChI=1S/C19H21F2NO4/c1-26-8-2-3-13-12(6-7-14(22-13)19(20)21)18(25)15-16(23)10-4-5-11(9-10)17(15)24/h6-7,10-11,15,19H,2-5,8-9H2,1H3/t10-,11+,15?. The van der Waals surface area contributed by atoms with Crippen molar-refractivity contribution in [3.05, 3.63) is 29.1 Å². The van der Waals surface area contributed by atoms with Crippen molar-refractivity contribution in [2.75, 3.05) is 13.7 Å². The number of carbonyl (C=O) groups excluding carboxylic acids is 3. The first-order valence-corrected chi connectivity index (χ1v) is 8.82. The summed E-state index contributed by atoms with van der Waals surface area (Å²) in [5.74, 6) is -3.03. The zero-order chi connectivity index (χ0) is 18.8. The number of pyridine rings is 1. The summed E-state index contributed by atoms with van der Waals surface area (Å²) in [6, 6.07) is 2.36. The Morgan fingerprint density at radius 3 is 2.46 bits per heavy atom. The fourth-order valence-electron chi connectivity index (χ4n) is 3.96. The van der Waals surface area contributed by atoms with Gasteiger partial charge in [-0.25, -0.2) is 8.78 Å². The van der Waals surface area contributed by atoms with E-state index in [9.17, 15) is 23.2 Å². The molecule has 26 heavy (non-hydrogen) atoms. The molecule has 0 saturated heterocycles. The van der Waals surface area contributed by atoms with Crippen LogP contribution in [-0.4, -0.2) is 36.1 Å². The van der Waals surface area contributed by atoms with Gasteiger partial charge in [-0.05, 0) is 44.2 Å². The van der Waals surface area contributed by atoms with Crippen LogP contribution >= 0.6 is 0 Å². The average molecular weight is 365 g/mol. The number of halogens is 2. The number of fused-ring (bicyclic) bond motifs is 2. The fourth-order valence-corrected chi connectivity index (χ4v) is 3.96. The Kier molecular flexibility index (Phi) is 5.55. The van der Waals surface area contributed by atoms with Crippen LogP contribution in [-0.2, 0) is 20.7 Å². The Morgan fingerprint density at radius 2 is 1.88 bits per heavy atom. The predicted molar refractivity (Wildman–Crippen MR) is 88.1 cm³/mol. The molecule has 2 saturated carbocycles. The van der Waals surface area contributed by atoms with Gasteiger partial charge in [-0.3, -0.25) is 19.4 Å². The molecule has 5 nitrogen and oxygen atoms in total. The molecule has 3 atom stereocenters. The third-order valence-corrected chi connectivity index (χ3v) is 5.32. The number of ketones is 3. The van der Waals surface area contributed by atoms with Gasteiger partial charge in [-0.1, -0.05) is 0 Å². The number of carbonyl (C=O) groups is 3. The summed E-state index contributed by atoms with van der Waals surface area (Å²) in [4.78, 5) is 42.0. The van der Waals surface area contributed by atoms with Crippen molar-refractivity contribution in [2.24, 2.45) is 17.8 Å². The Labute approximate surface area is 150 Å². The summed E-state index contributed by atoms with van der Waals surface area (Å²) in [5.41, 5.74) is -0.128. The van der Waals surface area contributed by atoms with Crippen LogP contribution in [0.3, 0.4) is 0 Å². The number of aromatic nitrogens is 1. The van der Waals surface area contributed by atoms with E-state index >= 15 is 0 Å². The smallest absolute Gasteiger partial charge is 0.280 e. The summed E-state index contributed by atoms with van der Waals surface area (Å²) in [5, 5.41) is 0. The van der Waals surface area contributed by atoms with Crippen molar-refractivity contribution in [2.45, 2.75) is 38.5 Å². The lowest BCUT2D eigenvalue weighted by atomic mass is 9.75. The van der Waals surface area contributed by atoms with Crippen molar-refractivity contribution in [1.29, 1.82) is 0 Å². The molecule has 140 valence electrons. The van der Waals surface area contributed by atoms with E-state index in [2.05, 4.69) is 4.98 Å². The second kappa shape index (κ2) is 7.70. The topological polar surface area (TPSA) is 73.3 Å². The van der Waals surface area contributed by atoms with Crippen molar-refractivity contribution < 1.29 is 27.9 Å². The number of methoxy groups -OCH3 is 1. The number of ether oxygens (including phenoxy) is 1. The van der Waals surface area contributed by atoms with Crippen molar-refractivity contribution >= 4 is 17.3 Å². The number of alkyl halides is 2. The van der Waals surface area contributed by atoms with Gasteiger partial charge in [0.05, 0.1) is 5.69 Å². The van der Waals surface area contributed by atoms with Crippen LogP contribution in [0.5, 0.6) is 0 Å². The van der Waals surface area contributed by atoms with E-state index in [-0.39, 0.29) is 41.1 Å². The van der Waals surface area contributed by atoms with E-state index in [0.717, 1.165) is 6.07 Å². The van der Waals surface area contributed by atoms with E-state index < -0.39 is 23.8 Å². The number of hydrogen-bond acceptors (Lipinski definition) is 5. The highest BCUT2D eigenvalue weighted by atomic mass is 19.3. The van der Waals surface area contributed by atoms with E-state index in [0.29, 0.717) is 32.3 Å². The van der Waals surface area contributed by atoms with Crippen molar-refractivity contribution in [3.63, 3.8) is 0 Å². The second-order valence-electron chi connectivity index (χ2n) is 6.94. The minimum absolute atomic E-state index is 0.0958. The highest BCUT2D eigenvalue weighted by Crippen LogP contribution is 2.41. The summed E-state index contributed by atoms with van der Waals surface area (Å²) < 4.78 is 30.9. The van der Waals surface area contributed by atoms with Crippen LogP contribution in [0.15, 0.2) is 12.1 Å². The molecule has 2 aliphatic carbocycles. The number of aryl methyl sites for hydroxylation is 1. The zero-order valence-electron chi connectivity index (χ0n) is 14.5. The number of hydrogen-bond donors (Lipinski definition) is 0. The SMILES string of the molecule is COCCCc1nc(C(F)F)ccc1C(=O)C1C(=O)[C@@H]2CC[C@@H](C2)C1=O. The monoisotopic (exact) mass is 365 g/mol. The molecule has 1 heterocycles. The molecule has 1 aromatic rings. The Balaban J connectivity index is 1.92. The van der Waals surface area contributed by atoms with E-state index in [1.54, 1.807) is 0 Å². The largest absolute Gasteiger partial charge is 0.385 e. The summed E-state index contributed by atoms with van der Waals surface area (Å²) in [6.07, 6.45) is -0.185. The third-order valence-electron chi connectivity index (χ3n) is 5.32. The number of nitrogens with zero attached hydrogens (tertiary/aromatic N) is 1. The first kappa shape index (κ1) is 18.8. The molecule has 0 aromatic carbocycles. The fraction of sp³-hybridized carbons (Fsp3) is 0.579.